The predicted molar refractivity (Wildman–Crippen MR) is 165 cm³/mol. The Morgan fingerprint density at radius 3 is 2.02 bits per heavy atom. The van der Waals surface area contributed by atoms with Crippen LogP contribution in [-0.4, -0.2) is 17.1 Å². The molecule has 4 N–H and O–H groups in total. The fraction of sp³-hybridized carbons (Fsp3) is 0.235. The molecule has 12 heteroatoms. The topological polar surface area (TPSA) is 191 Å². The minimum absolute atomic E-state index is 0.0128. The summed E-state index contributed by atoms with van der Waals surface area (Å²) in [5, 5.41) is 37.6. The van der Waals surface area contributed by atoms with Gasteiger partial charge in [-0.3, -0.25) is 0 Å². The molecule has 0 amide bonds. The number of aromatic nitrogens is 2. The maximum absolute atomic E-state index is 14.3. The van der Waals surface area contributed by atoms with Gasteiger partial charge in [0.15, 0.2) is 0 Å². The first-order chi connectivity index (χ1) is 22.3. The molecule has 10 nitrogen and oxygen atoms in total. The molecule has 0 radical (unpaired) electrons. The van der Waals surface area contributed by atoms with Crippen molar-refractivity contribution in [2.45, 2.75) is 38.5 Å². The average molecular weight is 619 g/mol. The van der Waals surface area contributed by atoms with Gasteiger partial charge in [-0.1, -0.05) is 56.4 Å². The van der Waals surface area contributed by atoms with Gasteiger partial charge in [-0.25, -0.2) is 8.78 Å². The van der Waals surface area contributed by atoms with E-state index in [1.54, 1.807) is 6.07 Å². The normalized spacial score (nSPS) is 12.3. The molecule has 1 aliphatic rings. The zero-order chi connectivity index (χ0) is 33.2. The van der Waals surface area contributed by atoms with Gasteiger partial charge in [0.1, 0.15) is 70.0 Å². The molecule has 2 aromatic heterocycles. The Kier molecular flexibility index (Phi) is 10.6. The van der Waals surface area contributed by atoms with Gasteiger partial charge in [0.25, 0.3) is 0 Å². The number of nitriles is 4. The van der Waals surface area contributed by atoms with E-state index < -0.39 is 11.6 Å². The molecular weight excluding hydrogens is 590 g/mol. The molecule has 0 unspecified atom stereocenters. The monoisotopic (exact) mass is 618 g/mol. The fourth-order valence-electron chi connectivity index (χ4n) is 5.35. The highest BCUT2D eigenvalue weighted by atomic mass is 19.1. The lowest BCUT2D eigenvalue weighted by atomic mass is 9.83. The molecule has 1 saturated carbocycles. The number of benzene rings is 2. The predicted octanol–water partition coefficient (Wildman–Crippen LogP) is 6.68. The largest absolute Gasteiger partial charge is 0.480 e. The Balaban J connectivity index is 0.000000216. The lowest BCUT2D eigenvalue weighted by Gasteiger charge is -2.23. The van der Waals surface area contributed by atoms with Crippen LogP contribution in [0.4, 0.5) is 20.4 Å². The first kappa shape index (κ1) is 32.7. The van der Waals surface area contributed by atoms with E-state index in [1.165, 1.54) is 62.8 Å². The summed E-state index contributed by atoms with van der Waals surface area (Å²) < 4.78 is 38.2. The van der Waals surface area contributed by atoms with Crippen LogP contribution in [0.1, 0.15) is 59.9 Å². The minimum atomic E-state index is -0.636. The summed E-state index contributed by atoms with van der Waals surface area (Å²) in [4.78, 5) is 7.92. The van der Waals surface area contributed by atoms with Crippen molar-refractivity contribution in [1.29, 1.82) is 21.0 Å². The van der Waals surface area contributed by atoms with E-state index in [-0.39, 0.29) is 51.4 Å². The van der Waals surface area contributed by atoms with Gasteiger partial charge in [-0.15, -0.1) is 0 Å². The highest BCUT2D eigenvalue weighted by Crippen LogP contribution is 2.38. The van der Waals surface area contributed by atoms with Crippen LogP contribution in [0.5, 0.6) is 17.5 Å². The van der Waals surface area contributed by atoms with Crippen molar-refractivity contribution in [2.24, 2.45) is 5.92 Å². The number of nitrogens with two attached hydrogens (primary N) is 2. The van der Waals surface area contributed by atoms with E-state index >= 15 is 0 Å². The number of nitrogen functional groups attached to an aromatic ring is 2. The number of hydrogen-bond acceptors (Lipinski definition) is 10. The van der Waals surface area contributed by atoms with Gasteiger partial charge < -0.3 is 20.9 Å². The van der Waals surface area contributed by atoms with Gasteiger partial charge >= 0.3 is 0 Å². The summed E-state index contributed by atoms with van der Waals surface area (Å²) in [5.41, 5.74) is 12.7. The van der Waals surface area contributed by atoms with Crippen LogP contribution in [0, 0.1) is 62.9 Å². The third-order valence-electron chi connectivity index (χ3n) is 7.50. The molecule has 0 saturated heterocycles. The maximum atomic E-state index is 14.3. The smallest absolute Gasteiger partial charge is 0.239 e. The van der Waals surface area contributed by atoms with Gasteiger partial charge in [0, 0.05) is 17.2 Å². The Bertz CT molecular complexity index is 1930. The third kappa shape index (κ3) is 7.10. The van der Waals surface area contributed by atoms with Crippen molar-refractivity contribution < 1.29 is 18.3 Å². The summed E-state index contributed by atoms with van der Waals surface area (Å²) in [6.07, 6.45) is 6.68. The molecule has 0 aliphatic heterocycles. The second-order valence-corrected chi connectivity index (χ2v) is 10.4. The lowest BCUT2D eigenvalue weighted by molar-refractivity contribution is 0.354. The quantitative estimate of drug-likeness (QED) is 0.235. The standard InChI is InChI=1S/C19H10F2N4O.C15H18N4O/c20-11-4-3-5-12(8-11)26-19-15(10-23)17(14(9-22)18(24)25-19)13-6-1-2-7-16(13)21;1-20-15-13(9-17)11(12(8-16)14(18)19-15)7-10-5-3-2-4-6-10/h1-8H,(H2,24,25);10H,2-7H2,1H3,(H2,18,19). The van der Waals surface area contributed by atoms with Crippen LogP contribution in [0.15, 0.2) is 48.5 Å². The molecule has 2 heterocycles. The first-order valence-electron chi connectivity index (χ1n) is 14.2. The molecule has 0 bridgehead atoms. The van der Waals surface area contributed by atoms with Gasteiger partial charge in [-0.05, 0) is 36.1 Å². The number of ether oxygens (including phenoxy) is 2. The molecule has 2 aromatic carbocycles. The van der Waals surface area contributed by atoms with E-state index in [0.29, 0.717) is 29.0 Å². The number of pyridine rings is 2. The lowest BCUT2D eigenvalue weighted by Crippen LogP contribution is -2.13. The highest BCUT2D eigenvalue weighted by Gasteiger charge is 2.25. The molecule has 46 heavy (non-hydrogen) atoms. The highest BCUT2D eigenvalue weighted by molar-refractivity contribution is 5.82. The number of halogens is 2. The second kappa shape index (κ2) is 15.0. The van der Waals surface area contributed by atoms with Crippen molar-refractivity contribution in [3.8, 4) is 52.9 Å². The van der Waals surface area contributed by atoms with Crippen LogP contribution < -0.4 is 20.9 Å². The molecule has 1 aliphatic carbocycles. The number of hydrogen-bond donors (Lipinski definition) is 2. The molecule has 5 rings (SSSR count). The maximum Gasteiger partial charge on any atom is 0.239 e. The van der Waals surface area contributed by atoms with Crippen molar-refractivity contribution in [3.63, 3.8) is 0 Å². The van der Waals surface area contributed by atoms with Gasteiger partial charge in [0.05, 0.1) is 12.7 Å². The van der Waals surface area contributed by atoms with Gasteiger partial charge in [-0.2, -0.15) is 31.0 Å². The summed E-state index contributed by atoms with van der Waals surface area (Å²) in [6.45, 7) is 0. The number of methoxy groups -OCH3 is 1. The van der Waals surface area contributed by atoms with Crippen molar-refractivity contribution in [2.75, 3.05) is 18.6 Å². The van der Waals surface area contributed by atoms with E-state index in [0.717, 1.165) is 18.9 Å². The number of anilines is 2. The molecule has 4 aromatic rings. The minimum Gasteiger partial charge on any atom is -0.480 e. The zero-order valence-corrected chi connectivity index (χ0v) is 24.8. The summed E-state index contributed by atoms with van der Waals surface area (Å²) in [6, 6.07) is 18.8. The molecular formula is C34H28F2N8O2. The number of nitrogens with zero attached hydrogens (tertiary/aromatic N) is 6. The van der Waals surface area contributed by atoms with E-state index in [2.05, 4.69) is 22.1 Å². The zero-order valence-electron chi connectivity index (χ0n) is 24.8. The Labute approximate surface area is 264 Å². The van der Waals surface area contributed by atoms with Crippen molar-refractivity contribution >= 4 is 11.6 Å². The average Bonchev–Trinajstić information content (AvgIpc) is 3.05. The van der Waals surface area contributed by atoms with Crippen LogP contribution in [-0.2, 0) is 6.42 Å². The first-order valence-corrected chi connectivity index (χ1v) is 14.2. The van der Waals surface area contributed by atoms with E-state index in [4.69, 9.17) is 20.9 Å². The molecule has 1 fully saturated rings. The molecule has 0 atom stereocenters. The van der Waals surface area contributed by atoms with Crippen molar-refractivity contribution in [3.05, 3.63) is 88.0 Å². The summed E-state index contributed by atoms with van der Waals surface area (Å²) >= 11 is 0. The summed E-state index contributed by atoms with van der Waals surface area (Å²) in [5.74, 6) is -0.695. The van der Waals surface area contributed by atoms with Crippen LogP contribution >= 0.6 is 0 Å². The molecule has 0 spiro atoms. The second-order valence-electron chi connectivity index (χ2n) is 10.4. The Morgan fingerprint density at radius 1 is 0.783 bits per heavy atom. The van der Waals surface area contributed by atoms with Crippen LogP contribution in [0.2, 0.25) is 0 Å². The number of rotatable bonds is 6. The SMILES string of the molecule is COc1nc(N)c(C#N)c(CC2CCCCC2)c1C#N.N#Cc1c(N)nc(Oc2cccc(F)c2)c(C#N)c1-c1ccccc1F. The summed E-state index contributed by atoms with van der Waals surface area (Å²) in [7, 11) is 1.46. The Morgan fingerprint density at radius 2 is 1.41 bits per heavy atom. The van der Waals surface area contributed by atoms with Crippen molar-refractivity contribution in [1.82, 2.24) is 9.97 Å². The van der Waals surface area contributed by atoms with Crippen LogP contribution in [0.25, 0.3) is 11.1 Å². The van der Waals surface area contributed by atoms with E-state index in [1.807, 2.05) is 12.1 Å². The van der Waals surface area contributed by atoms with E-state index in [9.17, 15) is 29.8 Å². The fourth-order valence-corrected chi connectivity index (χ4v) is 5.35. The van der Waals surface area contributed by atoms with Crippen LogP contribution in [0.3, 0.4) is 0 Å². The van der Waals surface area contributed by atoms with Gasteiger partial charge in [0.2, 0.25) is 11.8 Å². The molecule has 230 valence electrons. The third-order valence-corrected chi connectivity index (χ3v) is 7.50. The Hall–Kier alpha value is -6.24.